The van der Waals surface area contributed by atoms with E-state index in [1.165, 1.54) is 19.3 Å². The molecule has 2 bridgehead atoms. The lowest BCUT2D eigenvalue weighted by atomic mass is 9.88. The van der Waals surface area contributed by atoms with Gasteiger partial charge in [-0.05, 0) is 37.5 Å². The lowest BCUT2D eigenvalue weighted by Gasteiger charge is -2.24. The van der Waals surface area contributed by atoms with Gasteiger partial charge in [-0.3, -0.25) is 9.59 Å². The molecule has 0 spiro atoms. The minimum Gasteiger partial charge on any atom is -0.481 e. The van der Waals surface area contributed by atoms with E-state index in [9.17, 15) is 9.59 Å². The maximum absolute atomic E-state index is 12.2. The van der Waals surface area contributed by atoms with E-state index in [0.29, 0.717) is 5.92 Å². The first kappa shape index (κ1) is 13.4. The summed E-state index contributed by atoms with van der Waals surface area (Å²) in [7, 11) is 0. The molecular weight excluding hydrogens is 230 g/mol. The third kappa shape index (κ3) is 3.03. The standard InChI is InChI=1S/C14H23NO3/c1-2-3-11(8-13(16)17)15-14(18)12-7-9-4-5-10(12)6-9/h9-12H,2-8H2,1H3,(H,15,18)(H,16,17). The fraction of sp³-hybridized carbons (Fsp3) is 0.857. The molecule has 4 atom stereocenters. The zero-order valence-corrected chi connectivity index (χ0v) is 11.0. The van der Waals surface area contributed by atoms with Crippen LogP contribution in [0.25, 0.3) is 0 Å². The first-order valence-electron chi connectivity index (χ1n) is 7.12. The molecule has 1 amide bonds. The van der Waals surface area contributed by atoms with Crippen molar-refractivity contribution in [2.45, 2.75) is 57.9 Å². The molecule has 18 heavy (non-hydrogen) atoms. The number of carbonyl (C=O) groups is 2. The van der Waals surface area contributed by atoms with Crippen molar-refractivity contribution in [3.63, 3.8) is 0 Å². The number of carbonyl (C=O) groups excluding carboxylic acids is 1. The van der Waals surface area contributed by atoms with E-state index in [0.717, 1.165) is 25.2 Å². The normalized spacial score (nSPS) is 31.3. The molecule has 4 nitrogen and oxygen atoms in total. The topological polar surface area (TPSA) is 66.4 Å². The summed E-state index contributed by atoms with van der Waals surface area (Å²) in [5.74, 6) is 0.720. The second-order valence-electron chi connectivity index (χ2n) is 5.87. The maximum atomic E-state index is 12.2. The third-order valence-corrected chi connectivity index (χ3v) is 4.48. The lowest BCUT2D eigenvalue weighted by Crippen LogP contribution is -2.41. The van der Waals surface area contributed by atoms with E-state index >= 15 is 0 Å². The molecule has 0 aliphatic heterocycles. The lowest BCUT2D eigenvalue weighted by molar-refractivity contribution is -0.138. The molecule has 0 aromatic rings. The first-order valence-corrected chi connectivity index (χ1v) is 7.12. The molecule has 0 aromatic carbocycles. The fourth-order valence-electron chi connectivity index (χ4n) is 3.66. The van der Waals surface area contributed by atoms with Gasteiger partial charge in [-0.2, -0.15) is 0 Å². The number of hydrogen-bond donors (Lipinski definition) is 2. The van der Waals surface area contributed by atoms with Crippen molar-refractivity contribution < 1.29 is 14.7 Å². The molecule has 102 valence electrons. The Labute approximate surface area is 108 Å². The predicted molar refractivity (Wildman–Crippen MR) is 68.0 cm³/mol. The number of hydrogen-bond acceptors (Lipinski definition) is 2. The van der Waals surface area contributed by atoms with Crippen LogP contribution in [0.2, 0.25) is 0 Å². The van der Waals surface area contributed by atoms with Crippen LogP contribution in [0, 0.1) is 17.8 Å². The smallest absolute Gasteiger partial charge is 0.305 e. The SMILES string of the molecule is CCCC(CC(=O)O)NC(=O)C1CC2CCC1C2. The summed E-state index contributed by atoms with van der Waals surface area (Å²) in [6.07, 6.45) is 6.37. The number of rotatable bonds is 6. The van der Waals surface area contributed by atoms with Gasteiger partial charge in [0.05, 0.1) is 6.42 Å². The van der Waals surface area contributed by atoms with Gasteiger partial charge in [0.2, 0.25) is 5.91 Å². The van der Waals surface area contributed by atoms with Gasteiger partial charge in [0, 0.05) is 12.0 Å². The van der Waals surface area contributed by atoms with Crippen LogP contribution in [-0.2, 0) is 9.59 Å². The molecule has 2 fully saturated rings. The van der Waals surface area contributed by atoms with E-state index in [1.54, 1.807) is 0 Å². The van der Waals surface area contributed by atoms with Crippen molar-refractivity contribution in [3.8, 4) is 0 Å². The van der Waals surface area contributed by atoms with Gasteiger partial charge in [-0.1, -0.05) is 19.8 Å². The Hall–Kier alpha value is -1.06. The van der Waals surface area contributed by atoms with Gasteiger partial charge in [0.1, 0.15) is 0 Å². The van der Waals surface area contributed by atoms with E-state index < -0.39 is 5.97 Å². The summed E-state index contributed by atoms with van der Waals surface area (Å²) in [6, 6.07) is -0.195. The predicted octanol–water partition coefficient (Wildman–Crippen LogP) is 2.18. The summed E-state index contributed by atoms with van der Waals surface area (Å²) < 4.78 is 0. The molecule has 0 radical (unpaired) electrons. The fourth-order valence-corrected chi connectivity index (χ4v) is 3.66. The van der Waals surface area contributed by atoms with Gasteiger partial charge in [-0.25, -0.2) is 0 Å². The number of carboxylic acid groups (broad SMARTS) is 1. The van der Waals surface area contributed by atoms with Crippen molar-refractivity contribution >= 4 is 11.9 Å². The van der Waals surface area contributed by atoms with Crippen LogP contribution in [0.15, 0.2) is 0 Å². The Morgan fingerprint density at radius 2 is 2.11 bits per heavy atom. The second-order valence-corrected chi connectivity index (χ2v) is 5.87. The molecule has 2 saturated carbocycles. The Morgan fingerprint density at radius 3 is 2.61 bits per heavy atom. The molecule has 2 N–H and O–H groups in total. The van der Waals surface area contributed by atoms with E-state index in [1.807, 2.05) is 6.92 Å². The zero-order chi connectivity index (χ0) is 13.1. The highest BCUT2D eigenvalue weighted by Gasteiger charge is 2.43. The zero-order valence-electron chi connectivity index (χ0n) is 11.0. The molecule has 0 aromatic heterocycles. The number of fused-ring (bicyclic) bond motifs is 2. The molecule has 0 heterocycles. The quantitative estimate of drug-likeness (QED) is 0.762. The molecule has 2 aliphatic carbocycles. The number of aliphatic carboxylic acids is 1. The molecular formula is C14H23NO3. The van der Waals surface area contributed by atoms with Crippen LogP contribution in [0.1, 0.15) is 51.9 Å². The highest BCUT2D eigenvalue weighted by atomic mass is 16.4. The summed E-state index contributed by atoms with van der Waals surface area (Å²) >= 11 is 0. The van der Waals surface area contributed by atoms with Gasteiger partial charge in [0.15, 0.2) is 0 Å². The summed E-state index contributed by atoms with van der Waals surface area (Å²) in [5.41, 5.74) is 0. The average Bonchev–Trinajstić information content (AvgIpc) is 2.89. The van der Waals surface area contributed by atoms with E-state index in [4.69, 9.17) is 5.11 Å². The van der Waals surface area contributed by atoms with Crippen LogP contribution in [-0.4, -0.2) is 23.0 Å². The van der Waals surface area contributed by atoms with Crippen LogP contribution in [0.3, 0.4) is 0 Å². The van der Waals surface area contributed by atoms with Gasteiger partial charge in [-0.15, -0.1) is 0 Å². The number of carboxylic acids is 1. The molecule has 4 heteroatoms. The van der Waals surface area contributed by atoms with Gasteiger partial charge < -0.3 is 10.4 Å². The minimum absolute atomic E-state index is 0.0421. The molecule has 2 rings (SSSR count). The van der Waals surface area contributed by atoms with Crippen LogP contribution in [0.5, 0.6) is 0 Å². The van der Waals surface area contributed by atoms with Crippen LogP contribution in [0.4, 0.5) is 0 Å². The highest BCUT2D eigenvalue weighted by molar-refractivity contribution is 5.80. The average molecular weight is 253 g/mol. The Kier molecular flexibility index (Phi) is 4.25. The van der Waals surface area contributed by atoms with Crippen molar-refractivity contribution in [2.75, 3.05) is 0 Å². The Balaban J connectivity index is 1.86. The monoisotopic (exact) mass is 253 g/mol. The minimum atomic E-state index is -0.832. The maximum Gasteiger partial charge on any atom is 0.305 e. The molecule has 0 saturated heterocycles. The number of nitrogens with one attached hydrogen (secondary N) is 1. The Morgan fingerprint density at radius 1 is 1.33 bits per heavy atom. The van der Waals surface area contributed by atoms with Crippen molar-refractivity contribution in [2.24, 2.45) is 17.8 Å². The van der Waals surface area contributed by atoms with Crippen molar-refractivity contribution in [1.29, 1.82) is 0 Å². The van der Waals surface area contributed by atoms with Crippen LogP contribution >= 0.6 is 0 Å². The van der Waals surface area contributed by atoms with Crippen LogP contribution < -0.4 is 5.32 Å². The summed E-state index contributed by atoms with van der Waals surface area (Å²) in [6.45, 7) is 2.01. The second kappa shape index (κ2) is 5.72. The Bertz CT molecular complexity index is 329. The van der Waals surface area contributed by atoms with Crippen molar-refractivity contribution in [3.05, 3.63) is 0 Å². The largest absolute Gasteiger partial charge is 0.481 e. The van der Waals surface area contributed by atoms with E-state index in [-0.39, 0.29) is 24.3 Å². The van der Waals surface area contributed by atoms with Gasteiger partial charge in [0.25, 0.3) is 0 Å². The number of amides is 1. The summed E-state index contributed by atoms with van der Waals surface area (Å²) in [5, 5.41) is 11.8. The van der Waals surface area contributed by atoms with Gasteiger partial charge >= 0.3 is 5.97 Å². The summed E-state index contributed by atoms with van der Waals surface area (Å²) in [4.78, 5) is 23.0. The molecule has 2 aliphatic rings. The third-order valence-electron chi connectivity index (χ3n) is 4.48. The van der Waals surface area contributed by atoms with E-state index in [2.05, 4.69) is 5.32 Å². The van der Waals surface area contributed by atoms with Crippen molar-refractivity contribution in [1.82, 2.24) is 5.32 Å². The molecule has 4 unspecified atom stereocenters. The first-order chi connectivity index (χ1) is 8.60. The highest BCUT2D eigenvalue weighted by Crippen LogP contribution is 2.48.